The van der Waals surface area contributed by atoms with Gasteiger partial charge in [-0.3, -0.25) is 9.59 Å². The van der Waals surface area contributed by atoms with E-state index in [1.807, 2.05) is 30.3 Å². The van der Waals surface area contributed by atoms with Gasteiger partial charge in [0.05, 0.1) is 6.54 Å². The van der Waals surface area contributed by atoms with Gasteiger partial charge >= 0.3 is 24.4 Å². The lowest BCUT2D eigenvalue weighted by atomic mass is 10.1. The SMILES string of the molecule is CC(C)(C)OC(=O)NCCN(CCN(CCNC(=O)CNC(=O)[C@H](Cc1ccccc1)NC(=O)OC(C)(C)C)C(=O)OC(C)(C)C)C(=O)OC(C)(C)C. The summed E-state index contributed by atoms with van der Waals surface area (Å²) in [6.07, 6.45) is -2.58. The van der Waals surface area contributed by atoms with Crippen LogP contribution in [0.2, 0.25) is 0 Å². The third-order valence-electron chi connectivity index (χ3n) is 6.41. The fraction of sp³-hybridized carbons (Fsp3) is 0.676. The number of rotatable bonds is 15. The quantitative estimate of drug-likeness (QED) is 0.187. The van der Waals surface area contributed by atoms with Gasteiger partial charge in [0, 0.05) is 45.7 Å². The molecule has 0 aliphatic rings. The van der Waals surface area contributed by atoms with Crippen molar-refractivity contribution in [3.05, 3.63) is 35.9 Å². The normalized spacial score (nSPS) is 12.4. The first-order valence-corrected chi connectivity index (χ1v) is 17.7. The van der Waals surface area contributed by atoms with Crippen LogP contribution < -0.4 is 21.3 Å². The highest BCUT2D eigenvalue weighted by Crippen LogP contribution is 2.13. The van der Waals surface area contributed by atoms with Crippen molar-refractivity contribution >= 4 is 36.2 Å². The van der Waals surface area contributed by atoms with Gasteiger partial charge in [0.1, 0.15) is 28.4 Å². The molecule has 4 N–H and O–H groups in total. The van der Waals surface area contributed by atoms with E-state index in [0.29, 0.717) is 0 Å². The van der Waals surface area contributed by atoms with E-state index in [1.54, 1.807) is 83.1 Å². The lowest BCUT2D eigenvalue weighted by Gasteiger charge is -2.31. The highest BCUT2D eigenvalue weighted by Gasteiger charge is 2.28. The number of alkyl carbamates (subject to hydrolysis) is 2. The van der Waals surface area contributed by atoms with Crippen molar-refractivity contribution in [2.45, 2.75) is 118 Å². The van der Waals surface area contributed by atoms with Gasteiger partial charge in [0.2, 0.25) is 11.8 Å². The number of nitrogens with one attached hydrogen (secondary N) is 4. The monoisotopic (exact) mass is 750 g/mol. The van der Waals surface area contributed by atoms with Crippen LogP contribution in [0.15, 0.2) is 30.3 Å². The second kappa shape index (κ2) is 20.5. The number of benzene rings is 1. The Labute approximate surface area is 314 Å². The van der Waals surface area contributed by atoms with Gasteiger partial charge in [-0.05, 0) is 88.6 Å². The summed E-state index contributed by atoms with van der Waals surface area (Å²) in [5, 5.41) is 10.4. The van der Waals surface area contributed by atoms with Crippen molar-refractivity contribution in [3.8, 4) is 0 Å². The summed E-state index contributed by atoms with van der Waals surface area (Å²) in [6, 6.07) is 8.06. The minimum Gasteiger partial charge on any atom is -0.444 e. The van der Waals surface area contributed by atoms with E-state index in [2.05, 4.69) is 21.3 Å². The maximum atomic E-state index is 13.2. The summed E-state index contributed by atoms with van der Waals surface area (Å²) in [5.74, 6) is -1.13. The van der Waals surface area contributed by atoms with Crippen LogP contribution in [0, 0.1) is 0 Å². The van der Waals surface area contributed by atoms with Crippen LogP contribution in [-0.2, 0) is 35.0 Å². The summed E-state index contributed by atoms with van der Waals surface area (Å²) >= 11 is 0. The maximum absolute atomic E-state index is 13.2. The molecule has 1 atom stereocenters. The standard InChI is InChI=1S/C37H62N6O10/c1-34(2,3)50-30(46)39-19-21-43(33(49)53-37(10,11)12)23-22-42(32(48)52-36(7,8)9)20-18-38-28(44)25-40-29(45)27(24-26-16-14-13-15-17-26)41-31(47)51-35(4,5)6/h13-17,27H,18-25H2,1-12H3,(H,38,44)(H,39,46)(H,40,45)(H,41,47)/t27-/m0/s1. The van der Waals surface area contributed by atoms with Crippen LogP contribution in [0.1, 0.15) is 88.6 Å². The van der Waals surface area contributed by atoms with Crippen molar-refractivity contribution < 1.29 is 47.7 Å². The van der Waals surface area contributed by atoms with E-state index in [-0.39, 0.29) is 45.7 Å². The van der Waals surface area contributed by atoms with Gasteiger partial charge in [-0.25, -0.2) is 19.2 Å². The largest absolute Gasteiger partial charge is 0.444 e. The second-order valence-electron chi connectivity index (χ2n) is 16.3. The van der Waals surface area contributed by atoms with Crippen molar-refractivity contribution in [1.82, 2.24) is 31.1 Å². The Morgan fingerprint density at radius 1 is 0.566 bits per heavy atom. The number of amides is 6. The molecule has 0 aliphatic heterocycles. The molecule has 0 radical (unpaired) electrons. The molecule has 0 aromatic heterocycles. The Balaban J connectivity index is 2.92. The number of ether oxygens (including phenoxy) is 4. The fourth-order valence-electron chi connectivity index (χ4n) is 4.28. The minimum absolute atomic E-state index is 0.00372. The highest BCUT2D eigenvalue weighted by atomic mass is 16.6. The molecule has 6 amide bonds. The molecular weight excluding hydrogens is 688 g/mol. The first-order chi connectivity index (χ1) is 24.2. The molecule has 1 aromatic carbocycles. The van der Waals surface area contributed by atoms with E-state index in [9.17, 15) is 28.8 Å². The molecule has 1 rings (SSSR count). The molecular formula is C37H62N6O10. The van der Waals surface area contributed by atoms with Crippen LogP contribution in [0.3, 0.4) is 0 Å². The molecule has 0 unspecified atom stereocenters. The number of hydrogen-bond acceptors (Lipinski definition) is 10. The van der Waals surface area contributed by atoms with Gasteiger partial charge in [0.15, 0.2) is 0 Å². The third kappa shape index (κ3) is 22.7. The van der Waals surface area contributed by atoms with Gasteiger partial charge in [-0.1, -0.05) is 30.3 Å². The van der Waals surface area contributed by atoms with Crippen molar-refractivity contribution in [3.63, 3.8) is 0 Å². The predicted molar refractivity (Wildman–Crippen MR) is 199 cm³/mol. The maximum Gasteiger partial charge on any atom is 0.410 e. The Kier molecular flexibility index (Phi) is 17.9. The van der Waals surface area contributed by atoms with Crippen molar-refractivity contribution in [1.29, 1.82) is 0 Å². The molecule has 0 spiro atoms. The molecule has 300 valence electrons. The van der Waals surface area contributed by atoms with Crippen LogP contribution >= 0.6 is 0 Å². The number of carbonyl (C=O) groups is 6. The third-order valence-corrected chi connectivity index (χ3v) is 6.41. The zero-order chi connectivity index (χ0) is 40.6. The molecule has 16 nitrogen and oxygen atoms in total. The number of hydrogen-bond donors (Lipinski definition) is 4. The van der Waals surface area contributed by atoms with E-state index in [1.165, 1.54) is 9.80 Å². The zero-order valence-corrected chi connectivity index (χ0v) is 33.6. The first kappa shape index (κ1) is 46.3. The highest BCUT2D eigenvalue weighted by molar-refractivity contribution is 5.89. The summed E-state index contributed by atoms with van der Waals surface area (Å²) in [6.45, 7) is 20.4. The van der Waals surface area contributed by atoms with Crippen LogP contribution in [0.4, 0.5) is 19.2 Å². The summed E-state index contributed by atoms with van der Waals surface area (Å²) in [5.41, 5.74) is -2.31. The lowest BCUT2D eigenvalue weighted by Crippen LogP contribution is -2.51. The smallest absolute Gasteiger partial charge is 0.410 e. The molecule has 0 saturated carbocycles. The Morgan fingerprint density at radius 2 is 1.00 bits per heavy atom. The van der Waals surface area contributed by atoms with E-state index >= 15 is 0 Å². The fourth-order valence-corrected chi connectivity index (χ4v) is 4.28. The van der Waals surface area contributed by atoms with Gasteiger partial charge in [-0.2, -0.15) is 0 Å². The number of nitrogens with zero attached hydrogens (tertiary/aromatic N) is 2. The summed E-state index contributed by atoms with van der Waals surface area (Å²) in [7, 11) is 0. The molecule has 0 bridgehead atoms. The van der Waals surface area contributed by atoms with Crippen LogP contribution in [0.25, 0.3) is 0 Å². The first-order valence-electron chi connectivity index (χ1n) is 17.7. The molecule has 0 aliphatic carbocycles. The van der Waals surface area contributed by atoms with Gasteiger partial charge < -0.3 is 50.0 Å². The Morgan fingerprint density at radius 3 is 1.45 bits per heavy atom. The Bertz CT molecular complexity index is 1360. The van der Waals surface area contributed by atoms with E-state index in [4.69, 9.17) is 18.9 Å². The number of carbonyl (C=O) groups excluding carboxylic acids is 6. The molecule has 0 saturated heterocycles. The summed E-state index contributed by atoms with van der Waals surface area (Å²) in [4.78, 5) is 79.5. The van der Waals surface area contributed by atoms with Crippen molar-refractivity contribution in [2.24, 2.45) is 0 Å². The average molecular weight is 751 g/mol. The van der Waals surface area contributed by atoms with Crippen molar-refractivity contribution in [2.75, 3.05) is 45.8 Å². The minimum atomic E-state index is -1.02. The lowest BCUT2D eigenvalue weighted by molar-refractivity contribution is -0.127. The van der Waals surface area contributed by atoms with Gasteiger partial charge in [0.25, 0.3) is 0 Å². The molecule has 16 heteroatoms. The molecule has 53 heavy (non-hydrogen) atoms. The molecule has 0 fully saturated rings. The van der Waals surface area contributed by atoms with E-state index < -0.39 is 71.2 Å². The second-order valence-corrected chi connectivity index (χ2v) is 16.3. The molecule has 0 heterocycles. The summed E-state index contributed by atoms with van der Waals surface area (Å²) < 4.78 is 21.7. The van der Waals surface area contributed by atoms with Crippen LogP contribution in [-0.4, -0.2) is 120 Å². The van der Waals surface area contributed by atoms with Gasteiger partial charge in [-0.15, -0.1) is 0 Å². The topological polar surface area (TPSA) is 194 Å². The zero-order valence-electron chi connectivity index (χ0n) is 33.6. The average Bonchev–Trinajstić information content (AvgIpc) is 2.97. The van der Waals surface area contributed by atoms with Crippen LogP contribution in [0.5, 0.6) is 0 Å². The molecule has 1 aromatic rings. The van der Waals surface area contributed by atoms with E-state index in [0.717, 1.165) is 5.56 Å². The predicted octanol–water partition coefficient (Wildman–Crippen LogP) is 4.35. The Hall–Kier alpha value is -4.76.